The molecule has 1 N–H and O–H groups in total. The lowest BCUT2D eigenvalue weighted by atomic mass is 9.93. The lowest BCUT2D eigenvalue weighted by molar-refractivity contribution is -0.134. The molecule has 28 heavy (non-hydrogen) atoms. The fraction of sp³-hybridized carbons (Fsp3) is 0.435. The zero-order chi connectivity index (χ0) is 19.7. The molecule has 1 saturated heterocycles. The van der Waals surface area contributed by atoms with Crippen LogP contribution < -0.4 is 5.32 Å². The number of carbonyl (C=O) groups excluding carboxylic acids is 2. The maximum absolute atomic E-state index is 12.7. The molecule has 0 bridgehead atoms. The molecule has 4 rings (SSSR count). The molecular formula is C23H27N3O2. The average molecular weight is 377 g/mol. The van der Waals surface area contributed by atoms with Gasteiger partial charge in [0.1, 0.15) is 6.04 Å². The van der Waals surface area contributed by atoms with Gasteiger partial charge in [-0.2, -0.15) is 0 Å². The number of nitrogens with one attached hydrogen (secondary N) is 1. The summed E-state index contributed by atoms with van der Waals surface area (Å²) in [6.45, 7) is 5.42. The van der Waals surface area contributed by atoms with Crippen molar-refractivity contribution in [2.24, 2.45) is 5.41 Å². The molecular weight excluding hydrogens is 350 g/mol. The molecule has 0 radical (unpaired) electrons. The number of aromatic nitrogens is 1. The Morgan fingerprint density at radius 1 is 1.07 bits per heavy atom. The largest absolute Gasteiger partial charge is 0.341 e. The van der Waals surface area contributed by atoms with Gasteiger partial charge in [-0.1, -0.05) is 24.3 Å². The summed E-state index contributed by atoms with van der Waals surface area (Å²) < 4.78 is 0. The summed E-state index contributed by atoms with van der Waals surface area (Å²) in [6, 6.07) is 11.1. The number of likely N-dealkylation sites (tertiary alicyclic amines) is 1. The minimum Gasteiger partial charge on any atom is -0.341 e. The number of aryl methyl sites for hydroxylation is 1. The zero-order valence-corrected chi connectivity index (χ0v) is 16.6. The first-order valence-corrected chi connectivity index (χ1v) is 10.1. The van der Waals surface area contributed by atoms with Crippen LogP contribution in [-0.2, 0) is 4.79 Å². The zero-order valence-electron chi connectivity index (χ0n) is 16.6. The summed E-state index contributed by atoms with van der Waals surface area (Å²) in [6.07, 6.45) is 6.40. The maximum atomic E-state index is 12.7. The average Bonchev–Trinajstić information content (AvgIpc) is 3.47. The van der Waals surface area contributed by atoms with E-state index in [1.54, 1.807) is 19.2 Å². The van der Waals surface area contributed by atoms with Crippen molar-refractivity contribution in [1.82, 2.24) is 15.2 Å². The van der Waals surface area contributed by atoms with Crippen LogP contribution >= 0.6 is 0 Å². The van der Waals surface area contributed by atoms with Gasteiger partial charge in [-0.05, 0) is 62.6 Å². The Morgan fingerprint density at radius 2 is 1.79 bits per heavy atom. The van der Waals surface area contributed by atoms with Crippen molar-refractivity contribution in [1.29, 1.82) is 0 Å². The Hall–Kier alpha value is -2.69. The third kappa shape index (κ3) is 3.79. The number of nitrogens with zero attached hydrogens (tertiary/aromatic N) is 2. The summed E-state index contributed by atoms with van der Waals surface area (Å²) in [5, 5.41) is 2.83. The van der Waals surface area contributed by atoms with Crippen LogP contribution in [0.1, 0.15) is 48.5 Å². The lowest BCUT2D eigenvalue weighted by Crippen LogP contribution is -2.49. The van der Waals surface area contributed by atoms with E-state index in [9.17, 15) is 9.59 Å². The Bertz CT molecular complexity index is 877. The molecule has 0 unspecified atom stereocenters. The van der Waals surface area contributed by atoms with Gasteiger partial charge in [-0.25, -0.2) is 0 Å². The highest BCUT2D eigenvalue weighted by Crippen LogP contribution is 2.53. The first-order valence-electron chi connectivity index (χ1n) is 10.1. The number of amides is 2. The summed E-state index contributed by atoms with van der Waals surface area (Å²) >= 11 is 0. The normalized spacial score (nSPS) is 18.6. The molecule has 1 aromatic heterocycles. The molecule has 1 aliphatic heterocycles. The molecule has 2 aromatic rings. The molecule has 1 atom stereocenters. The molecule has 1 saturated carbocycles. The summed E-state index contributed by atoms with van der Waals surface area (Å²) in [5.74, 6) is -0.256. The van der Waals surface area contributed by atoms with Crippen molar-refractivity contribution in [3.8, 4) is 11.3 Å². The Labute approximate surface area is 166 Å². The summed E-state index contributed by atoms with van der Waals surface area (Å²) in [4.78, 5) is 31.6. The van der Waals surface area contributed by atoms with Gasteiger partial charge in [-0.15, -0.1) is 0 Å². The van der Waals surface area contributed by atoms with Gasteiger partial charge in [0.2, 0.25) is 5.91 Å². The third-order valence-corrected chi connectivity index (χ3v) is 6.26. The Balaban J connectivity index is 1.36. The van der Waals surface area contributed by atoms with Crippen molar-refractivity contribution in [2.45, 2.75) is 45.6 Å². The van der Waals surface area contributed by atoms with Gasteiger partial charge >= 0.3 is 0 Å². The molecule has 1 aromatic carbocycles. The minimum absolute atomic E-state index is 0.00772. The van der Waals surface area contributed by atoms with Gasteiger partial charge in [0.25, 0.3) is 5.91 Å². The Morgan fingerprint density at radius 3 is 2.39 bits per heavy atom. The van der Waals surface area contributed by atoms with Gasteiger partial charge in [0.15, 0.2) is 0 Å². The number of hydrogen-bond donors (Lipinski definition) is 1. The fourth-order valence-electron chi connectivity index (χ4n) is 4.04. The number of pyridine rings is 1. The van der Waals surface area contributed by atoms with Crippen LogP contribution in [0, 0.1) is 12.3 Å². The van der Waals surface area contributed by atoms with Crippen LogP contribution in [0.15, 0.2) is 42.6 Å². The standard InChI is InChI=1S/C23H27N3O2/c1-16-5-3-4-6-19(16)20-8-7-18(15-24-20)21(27)25-17(2)22(28)26-13-11-23(9-10-23)12-14-26/h3-8,15,17H,9-14H2,1-2H3,(H,25,27)/t17-/m1/s1. The molecule has 5 heteroatoms. The number of hydrogen-bond acceptors (Lipinski definition) is 3. The van der Waals surface area contributed by atoms with E-state index in [-0.39, 0.29) is 11.8 Å². The molecule has 2 heterocycles. The van der Waals surface area contributed by atoms with E-state index < -0.39 is 6.04 Å². The molecule has 1 spiro atoms. The fourth-order valence-corrected chi connectivity index (χ4v) is 4.04. The van der Waals surface area contributed by atoms with Crippen molar-refractivity contribution >= 4 is 11.8 Å². The van der Waals surface area contributed by atoms with Crippen LogP contribution in [0.5, 0.6) is 0 Å². The SMILES string of the molecule is Cc1ccccc1-c1ccc(C(=O)N[C@H](C)C(=O)N2CCC3(CC2)CC3)cn1. The van der Waals surface area contributed by atoms with E-state index in [0.717, 1.165) is 42.8 Å². The second-order valence-corrected chi connectivity index (χ2v) is 8.27. The van der Waals surface area contributed by atoms with Crippen LogP contribution in [0.2, 0.25) is 0 Å². The van der Waals surface area contributed by atoms with E-state index in [4.69, 9.17) is 0 Å². The predicted octanol–water partition coefficient (Wildman–Crippen LogP) is 3.58. The van der Waals surface area contributed by atoms with Gasteiger partial charge < -0.3 is 10.2 Å². The molecule has 2 amide bonds. The summed E-state index contributed by atoms with van der Waals surface area (Å²) in [7, 11) is 0. The highest BCUT2D eigenvalue weighted by molar-refractivity contribution is 5.97. The van der Waals surface area contributed by atoms with Gasteiger partial charge in [0, 0.05) is 24.8 Å². The second kappa shape index (κ2) is 7.38. The number of rotatable bonds is 4. The van der Waals surface area contributed by atoms with Gasteiger partial charge in [0.05, 0.1) is 11.3 Å². The monoisotopic (exact) mass is 377 g/mol. The number of carbonyl (C=O) groups is 2. The van der Waals surface area contributed by atoms with E-state index in [0.29, 0.717) is 11.0 Å². The minimum atomic E-state index is -0.531. The van der Waals surface area contributed by atoms with Crippen molar-refractivity contribution < 1.29 is 9.59 Å². The van der Waals surface area contributed by atoms with E-state index in [1.807, 2.05) is 42.2 Å². The van der Waals surface area contributed by atoms with E-state index in [2.05, 4.69) is 10.3 Å². The first kappa shape index (κ1) is 18.7. The van der Waals surface area contributed by atoms with Gasteiger partial charge in [-0.3, -0.25) is 14.6 Å². The molecule has 5 nitrogen and oxygen atoms in total. The third-order valence-electron chi connectivity index (χ3n) is 6.26. The smallest absolute Gasteiger partial charge is 0.253 e. The van der Waals surface area contributed by atoms with Crippen molar-refractivity contribution in [2.75, 3.05) is 13.1 Å². The van der Waals surface area contributed by atoms with E-state index >= 15 is 0 Å². The molecule has 2 fully saturated rings. The maximum Gasteiger partial charge on any atom is 0.253 e. The highest BCUT2D eigenvalue weighted by atomic mass is 16.2. The first-order chi connectivity index (χ1) is 13.5. The molecule has 1 aliphatic carbocycles. The predicted molar refractivity (Wildman–Crippen MR) is 109 cm³/mol. The molecule has 2 aliphatic rings. The number of benzene rings is 1. The van der Waals surface area contributed by atoms with E-state index in [1.165, 1.54) is 12.8 Å². The second-order valence-electron chi connectivity index (χ2n) is 8.27. The Kier molecular flexibility index (Phi) is 4.92. The summed E-state index contributed by atoms with van der Waals surface area (Å²) in [5.41, 5.74) is 4.03. The van der Waals surface area contributed by atoms with Crippen molar-refractivity contribution in [3.05, 3.63) is 53.7 Å². The quantitative estimate of drug-likeness (QED) is 0.886. The molecule has 146 valence electrons. The van der Waals surface area contributed by atoms with Crippen LogP contribution in [0.4, 0.5) is 0 Å². The van der Waals surface area contributed by atoms with Crippen LogP contribution in [-0.4, -0.2) is 40.8 Å². The van der Waals surface area contributed by atoms with Crippen LogP contribution in [0.3, 0.4) is 0 Å². The lowest BCUT2D eigenvalue weighted by Gasteiger charge is -2.33. The number of piperidine rings is 1. The topological polar surface area (TPSA) is 62.3 Å². The van der Waals surface area contributed by atoms with Crippen molar-refractivity contribution in [3.63, 3.8) is 0 Å². The highest BCUT2D eigenvalue weighted by Gasteiger charge is 2.45. The van der Waals surface area contributed by atoms with Crippen LogP contribution in [0.25, 0.3) is 11.3 Å².